The highest BCUT2D eigenvalue weighted by Gasteiger charge is 2.20. The first kappa shape index (κ1) is 10.0. The van der Waals surface area contributed by atoms with Crippen molar-refractivity contribution in [2.75, 3.05) is 5.32 Å². The van der Waals surface area contributed by atoms with Gasteiger partial charge in [-0.3, -0.25) is 4.79 Å². The molecular formula is C12H15NO2. The third kappa shape index (κ3) is 1.96. The fourth-order valence-corrected chi connectivity index (χ4v) is 1.89. The molecule has 1 aliphatic heterocycles. The Labute approximate surface area is 89.4 Å². The molecule has 0 saturated heterocycles. The van der Waals surface area contributed by atoms with Crippen LogP contribution in [0.4, 0.5) is 5.69 Å². The van der Waals surface area contributed by atoms with Gasteiger partial charge in [-0.1, -0.05) is 6.07 Å². The van der Waals surface area contributed by atoms with Gasteiger partial charge in [0.1, 0.15) is 11.9 Å². The second-order valence-electron chi connectivity index (χ2n) is 4.14. The number of ether oxygens (including phenoxy) is 1. The summed E-state index contributed by atoms with van der Waals surface area (Å²) in [5.41, 5.74) is 3.01. The molecule has 80 valence electrons. The molecule has 15 heavy (non-hydrogen) atoms. The van der Waals surface area contributed by atoms with E-state index < -0.39 is 0 Å². The summed E-state index contributed by atoms with van der Waals surface area (Å²) in [5.74, 6) is 0.805. The molecule has 0 bridgehead atoms. The molecule has 0 saturated carbocycles. The van der Waals surface area contributed by atoms with Crippen LogP contribution >= 0.6 is 0 Å². The summed E-state index contributed by atoms with van der Waals surface area (Å²) < 4.78 is 5.71. The number of anilines is 1. The van der Waals surface area contributed by atoms with E-state index in [0.29, 0.717) is 6.42 Å². The van der Waals surface area contributed by atoms with E-state index >= 15 is 0 Å². The highest BCUT2D eigenvalue weighted by molar-refractivity contribution is 5.94. The molecule has 1 unspecified atom stereocenters. The molecule has 1 N–H and O–H groups in total. The number of carbonyl (C=O) groups excluding carboxylic acids is 1. The zero-order valence-corrected chi connectivity index (χ0v) is 9.26. The zero-order valence-electron chi connectivity index (χ0n) is 9.26. The average Bonchev–Trinajstić information content (AvgIpc) is 2.22. The second kappa shape index (κ2) is 3.57. The molecule has 3 nitrogen and oxygen atoms in total. The molecule has 1 atom stereocenters. The van der Waals surface area contributed by atoms with E-state index in [4.69, 9.17) is 4.74 Å². The maximum absolute atomic E-state index is 11.5. The van der Waals surface area contributed by atoms with E-state index in [1.165, 1.54) is 0 Å². The first-order valence-electron chi connectivity index (χ1n) is 5.14. The summed E-state index contributed by atoms with van der Waals surface area (Å²) in [7, 11) is 0. The summed E-state index contributed by atoms with van der Waals surface area (Å²) in [6, 6.07) is 4.00. The van der Waals surface area contributed by atoms with Crippen molar-refractivity contribution < 1.29 is 9.53 Å². The predicted molar refractivity (Wildman–Crippen MR) is 59.3 cm³/mol. The van der Waals surface area contributed by atoms with Gasteiger partial charge < -0.3 is 10.1 Å². The summed E-state index contributed by atoms with van der Waals surface area (Å²) in [6.45, 7) is 5.91. The number of carbonyl (C=O) groups is 1. The average molecular weight is 205 g/mol. The highest BCUT2D eigenvalue weighted by atomic mass is 16.5. The van der Waals surface area contributed by atoms with Gasteiger partial charge in [0.25, 0.3) is 0 Å². The molecule has 0 spiro atoms. The molecular weight excluding hydrogens is 190 g/mol. The van der Waals surface area contributed by atoms with Gasteiger partial charge in [0, 0.05) is 0 Å². The normalized spacial score (nSPS) is 19.9. The lowest BCUT2D eigenvalue weighted by Crippen LogP contribution is -2.17. The number of amides is 1. The van der Waals surface area contributed by atoms with Gasteiger partial charge >= 0.3 is 0 Å². The Hall–Kier alpha value is -1.51. The highest BCUT2D eigenvalue weighted by Crippen LogP contribution is 2.33. The van der Waals surface area contributed by atoms with Crippen LogP contribution in [0.3, 0.4) is 0 Å². The van der Waals surface area contributed by atoms with Crippen LogP contribution in [-0.4, -0.2) is 12.0 Å². The minimum atomic E-state index is -0.0625. The molecule has 1 heterocycles. The Bertz CT molecular complexity index is 412. The smallest absolute Gasteiger partial charge is 0.228 e. The molecule has 1 aromatic carbocycles. The molecule has 1 aromatic rings. The molecule has 3 heteroatoms. The molecule has 0 aliphatic carbocycles. The van der Waals surface area contributed by atoms with E-state index in [0.717, 1.165) is 22.6 Å². The van der Waals surface area contributed by atoms with E-state index in [2.05, 4.69) is 5.32 Å². The summed E-state index contributed by atoms with van der Waals surface area (Å²) in [5, 5.41) is 2.88. The Morgan fingerprint density at radius 2 is 2.13 bits per heavy atom. The van der Waals surface area contributed by atoms with Crippen LogP contribution in [0, 0.1) is 13.8 Å². The van der Waals surface area contributed by atoms with Crippen LogP contribution in [0.15, 0.2) is 12.1 Å². The van der Waals surface area contributed by atoms with Crippen LogP contribution in [0.25, 0.3) is 0 Å². The Kier molecular flexibility index (Phi) is 2.39. The van der Waals surface area contributed by atoms with Crippen molar-refractivity contribution in [3.63, 3.8) is 0 Å². The third-order valence-electron chi connectivity index (χ3n) is 2.51. The van der Waals surface area contributed by atoms with Crippen molar-refractivity contribution in [1.29, 1.82) is 0 Å². The van der Waals surface area contributed by atoms with Crippen LogP contribution in [0.1, 0.15) is 24.5 Å². The van der Waals surface area contributed by atoms with E-state index in [1.54, 1.807) is 0 Å². The largest absolute Gasteiger partial charge is 0.488 e. The number of hydrogen-bond acceptors (Lipinski definition) is 2. The standard InChI is InChI=1S/C12H15NO2/c1-7-4-8(2)12-10(5-7)15-9(3)6-11(14)13-12/h4-5,9H,6H2,1-3H3,(H,13,14). The first-order chi connectivity index (χ1) is 7.06. The Morgan fingerprint density at radius 1 is 1.40 bits per heavy atom. The van der Waals surface area contributed by atoms with Gasteiger partial charge in [-0.2, -0.15) is 0 Å². The Balaban J connectivity index is 2.50. The summed E-state index contributed by atoms with van der Waals surface area (Å²) in [4.78, 5) is 11.5. The van der Waals surface area contributed by atoms with Gasteiger partial charge in [-0.05, 0) is 38.0 Å². The Morgan fingerprint density at radius 3 is 2.87 bits per heavy atom. The van der Waals surface area contributed by atoms with Crippen LogP contribution in [-0.2, 0) is 4.79 Å². The minimum absolute atomic E-state index is 0.0215. The van der Waals surface area contributed by atoms with Crippen LogP contribution < -0.4 is 10.1 Å². The van der Waals surface area contributed by atoms with Gasteiger partial charge in [0.15, 0.2) is 0 Å². The lowest BCUT2D eigenvalue weighted by molar-refractivity contribution is -0.117. The number of hydrogen-bond donors (Lipinski definition) is 1. The van der Waals surface area contributed by atoms with E-state index in [1.807, 2.05) is 32.9 Å². The van der Waals surface area contributed by atoms with Gasteiger partial charge in [0.05, 0.1) is 12.1 Å². The quantitative estimate of drug-likeness (QED) is 0.706. The fourth-order valence-electron chi connectivity index (χ4n) is 1.89. The third-order valence-corrected chi connectivity index (χ3v) is 2.51. The van der Waals surface area contributed by atoms with Crippen molar-refractivity contribution in [2.45, 2.75) is 33.3 Å². The maximum atomic E-state index is 11.5. The monoisotopic (exact) mass is 205 g/mol. The van der Waals surface area contributed by atoms with Crippen LogP contribution in [0.2, 0.25) is 0 Å². The zero-order chi connectivity index (χ0) is 11.0. The number of rotatable bonds is 0. The van der Waals surface area contributed by atoms with Crippen LogP contribution in [0.5, 0.6) is 5.75 Å². The predicted octanol–water partition coefficient (Wildman–Crippen LogP) is 2.41. The van der Waals surface area contributed by atoms with Crippen molar-refractivity contribution >= 4 is 11.6 Å². The number of nitrogens with one attached hydrogen (secondary N) is 1. The lowest BCUT2D eigenvalue weighted by atomic mass is 10.1. The van der Waals surface area contributed by atoms with E-state index in [-0.39, 0.29) is 12.0 Å². The lowest BCUT2D eigenvalue weighted by Gasteiger charge is -2.13. The van der Waals surface area contributed by atoms with Crippen molar-refractivity contribution in [2.24, 2.45) is 0 Å². The fraction of sp³-hybridized carbons (Fsp3) is 0.417. The van der Waals surface area contributed by atoms with Gasteiger partial charge in [-0.25, -0.2) is 0 Å². The summed E-state index contributed by atoms with van der Waals surface area (Å²) >= 11 is 0. The minimum Gasteiger partial charge on any atom is -0.488 e. The number of benzene rings is 1. The topological polar surface area (TPSA) is 38.3 Å². The first-order valence-corrected chi connectivity index (χ1v) is 5.14. The van der Waals surface area contributed by atoms with Crippen molar-refractivity contribution in [3.05, 3.63) is 23.3 Å². The molecule has 0 aromatic heterocycles. The van der Waals surface area contributed by atoms with Gasteiger partial charge in [-0.15, -0.1) is 0 Å². The molecule has 0 fully saturated rings. The number of aryl methyl sites for hydroxylation is 2. The molecule has 2 rings (SSSR count). The second-order valence-corrected chi connectivity index (χ2v) is 4.14. The van der Waals surface area contributed by atoms with Gasteiger partial charge in [0.2, 0.25) is 5.91 Å². The van der Waals surface area contributed by atoms with Crippen molar-refractivity contribution in [3.8, 4) is 5.75 Å². The van der Waals surface area contributed by atoms with E-state index in [9.17, 15) is 4.79 Å². The van der Waals surface area contributed by atoms with Crippen molar-refractivity contribution in [1.82, 2.24) is 0 Å². The molecule has 1 amide bonds. The molecule has 0 radical (unpaired) electrons. The summed E-state index contributed by atoms with van der Waals surface area (Å²) in [6.07, 6.45) is 0.347. The maximum Gasteiger partial charge on any atom is 0.228 e. The SMILES string of the molecule is Cc1cc(C)c2c(c1)OC(C)CC(=O)N2. The molecule has 1 aliphatic rings. The number of fused-ring (bicyclic) bond motifs is 1.